The Morgan fingerprint density at radius 1 is 1.14 bits per heavy atom. The minimum Gasteiger partial charge on any atom is -0.491 e. The fraction of sp³-hybridized carbons (Fsp3) is 0.435. The Bertz CT molecular complexity index is 1250. The fourth-order valence-corrected chi connectivity index (χ4v) is 3.89. The van der Waals surface area contributed by atoms with Gasteiger partial charge in [-0.3, -0.25) is 19.5 Å². The van der Waals surface area contributed by atoms with Crippen molar-refractivity contribution in [1.29, 1.82) is 0 Å². The number of nitrogen functional groups attached to an aromatic ring is 1. The zero-order valence-electron chi connectivity index (χ0n) is 20.2. The number of nitrogens with zero attached hydrogens (tertiary/aromatic N) is 6. The van der Waals surface area contributed by atoms with E-state index in [9.17, 15) is 9.59 Å². The number of anilines is 2. The summed E-state index contributed by atoms with van der Waals surface area (Å²) in [5.41, 5.74) is 5.62. The second kappa shape index (κ2) is 10.7. The van der Waals surface area contributed by atoms with E-state index in [2.05, 4.69) is 37.1 Å². The standard InChI is InChI=1S/C23H30N8O4/c1-29-8-10-31(11-9-29)7-4-12-35-17-6-5-16-18(19(17)34-3)27-23(30(2)21(16)33)28-20(32)15-13-25-22(24)26-14-15/h5-6,13-14H,4,7-12H2,1-3H3,(H2,24,25,26)(H,27,28,32). The number of aromatic nitrogens is 4. The Labute approximate surface area is 202 Å². The quantitative estimate of drug-likeness (QED) is 0.438. The summed E-state index contributed by atoms with van der Waals surface area (Å²) in [6, 6.07) is 3.37. The molecule has 1 fully saturated rings. The second-order valence-electron chi connectivity index (χ2n) is 8.42. The molecule has 0 unspecified atom stereocenters. The molecule has 186 valence electrons. The third-order valence-corrected chi connectivity index (χ3v) is 6.00. The van der Waals surface area contributed by atoms with Crippen LogP contribution in [0.5, 0.6) is 11.5 Å². The first kappa shape index (κ1) is 24.4. The maximum absolute atomic E-state index is 13.0. The number of fused-ring (bicyclic) bond motifs is 1. The Hall–Kier alpha value is -3.77. The Morgan fingerprint density at radius 3 is 2.54 bits per heavy atom. The van der Waals surface area contributed by atoms with Crippen LogP contribution in [0.15, 0.2) is 29.3 Å². The molecular formula is C23H30N8O4. The monoisotopic (exact) mass is 482 g/mol. The normalized spacial score (nSPS) is 14.7. The van der Waals surface area contributed by atoms with E-state index in [-0.39, 0.29) is 23.0 Å². The van der Waals surface area contributed by atoms with Gasteiger partial charge in [-0.25, -0.2) is 15.0 Å². The number of carbonyl (C=O) groups is 1. The van der Waals surface area contributed by atoms with Crippen molar-refractivity contribution in [3.63, 3.8) is 0 Å². The lowest BCUT2D eigenvalue weighted by atomic mass is 10.2. The summed E-state index contributed by atoms with van der Waals surface area (Å²) in [4.78, 5) is 42.5. The number of piperazine rings is 1. The summed E-state index contributed by atoms with van der Waals surface area (Å²) in [5, 5.41) is 2.98. The Morgan fingerprint density at radius 2 is 1.86 bits per heavy atom. The van der Waals surface area contributed by atoms with Crippen LogP contribution in [0, 0.1) is 0 Å². The average molecular weight is 483 g/mol. The molecule has 2 aromatic heterocycles. The van der Waals surface area contributed by atoms with E-state index >= 15 is 0 Å². The molecular weight excluding hydrogens is 452 g/mol. The average Bonchev–Trinajstić information content (AvgIpc) is 2.86. The molecule has 3 heterocycles. The van der Waals surface area contributed by atoms with Gasteiger partial charge < -0.3 is 25.0 Å². The Balaban J connectivity index is 1.52. The molecule has 1 saturated heterocycles. The number of nitrogens with two attached hydrogens (primary N) is 1. The minimum atomic E-state index is -0.526. The van der Waals surface area contributed by atoms with E-state index in [4.69, 9.17) is 15.2 Å². The van der Waals surface area contributed by atoms with Gasteiger partial charge in [0.1, 0.15) is 5.52 Å². The number of likely N-dealkylation sites (N-methyl/N-ethyl adjacent to an activating group) is 1. The van der Waals surface area contributed by atoms with Crippen LogP contribution >= 0.6 is 0 Å². The smallest absolute Gasteiger partial charge is 0.262 e. The maximum atomic E-state index is 13.0. The number of nitrogens with one attached hydrogen (secondary N) is 1. The van der Waals surface area contributed by atoms with Crippen LogP contribution in [-0.2, 0) is 7.05 Å². The zero-order valence-corrected chi connectivity index (χ0v) is 20.2. The number of benzene rings is 1. The Kier molecular flexibility index (Phi) is 7.42. The van der Waals surface area contributed by atoms with Gasteiger partial charge >= 0.3 is 0 Å². The predicted octanol–water partition coefficient (Wildman–Crippen LogP) is 0.583. The van der Waals surface area contributed by atoms with Crippen LogP contribution in [-0.4, -0.2) is 88.7 Å². The number of amides is 1. The number of carbonyl (C=O) groups excluding carboxylic acids is 1. The van der Waals surface area contributed by atoms with Crippen molar-refractivity contribution in [3.05, 3.63) is 40.4 Å². The van der Waals surface area contributed by atoms with Crippen molar-refractivity contribution < 1.29 is 14.3 Å². The first-order valence-corrected chi connectivity index (χ1v) is 11.4. The summed E-state index contributed by atoms with van der Waals surface area (Å²) in [5.74, 6) is 0.407. The van der Waals surface area contributed by atoms with E-state index in [1.54, 1.807) is 12.1 Å². The van der Waals surface area contributed by atoms with Crippen LogP contribution in [0.2, 0.25) is 0 Å². The summed E-state index contributed by atoms with van der Waals surface area (Å²) in [6.07, 6.45) is 3.46. The van der Waals surface area contributed by atoms with E-state index < -0.39 is 5.91 Å². The van der Waals surface area contributed by atoms with E-state index in [1.807, 2.05) is 0 Å². The number of hydrogen-bond donors (Lipinski definition) is 2. The van der Waals surface area contributed by atoms with Crippen molar-refractivity contribution in [2.75, 3.05) is 64.5 Å². The van der Waals surface area contributed by atoms with E-state index in [0.717, 1.165) is 39.1 Å². The number of rotatable bonds is 8. The van der Waals surface area contributed by atoms with Gasteiger partial charge in [-0.05, 0) is 25.6 Å². The molecule has 4 rings (SSSR count). The lowest BCUT2D eigenvalue weighted by molar-refractivity contribution is 0.102. The molecule has 1 aromatic carbocycles. The molecule has 12 nitrogen and oxygen atoms in total. The van der Waals surface area contributed by atoms with Gasteiger partial charge in [0, 0.05) is 52.2 Å². The first-order chi connectivity index (χ1) is 16.9. The van der Waals surface area contributed by atoms with Crippen molar-refractivity contribution >= 4 is 28.7 Å². The molecule has 0 atom stereocenters. The summed E-state index contributed by atoms with van der Waals surface area (Å²) in [7, 11) is 5.16. The van der Waals surface area contributed by atoms with Crippen LogP contribution in [0.25, 0.3) is 10.9 Å². The highest BCUT2D eigenvalue weighted by Gasteiger charge is 2.19. The van der Waals surface area contributed by atoms with E-state index in [1.165, 1.54) is 31.1 Å². The maximum Gasteiger partial charge on any atom is 0.262 e. The third-order valence-electron chi connectivity index (χ3n) is 6.00. The molecule has 1 aliphatic heterocycles. The van der Waals surface area contributed by atoms with Gasteiger partial charge in [0.25, 0.3) is 11.5 Å². The lowest BCUT2D eigenvalue weighted by Crippen LogP contribution is -2.44. The topological polar surface area (TPSA) is 141 Å². The van der Waals surface area contributed by atoms with Crippen molar-refractivity contribution in [2.45, 2.75) is 6.42 Å². The lowest BCUT2D eigenvalue weighted by Gasteiger charge is -2.32. The molecule has 1 aliphatic rings. The molecule has 0 bridgehead atoms. The molecule has 12 heteroatoms. The number of hydrogen-bond acceptors (Lipinski definition) is 10. The van der Waals surface area contributed by atoms with Gasteiger partial charge in [-0.2, -0.15) is 0 Å². The van der Waals surface area contributed by atoms with Gasteiger partial charge in [0.15, 0.2) is 11.5 Å². The highest BCUT2D eigenvalue weighted by molar-refractivity contribution is 6.03. The van der Waals surface area contributed by atoms with Crippen molar-refractivity contribution in [1.82, 2.24) is 29.3 Å². The molecule has 35 heavy (non-hydrogen) atoms. The fourth-order valence-electron chi connectivity index (χ4n) is 3.89. The van der Waals surface area contributed by atoms with Crippen LogP contribution in [0.4, 0.5) is 11.9 Å². The summed E-state index contributed by atoms with van der Waals surface area (Å²) in [6.45, 7) is 5.71. The highest BCUT2D eigenvalue weighted by Crippen LogP contribution is 2.34. The van der Waals surface area contributed by atoms with Crippen LogP contribution < -0.4 is 26.1 Å². The molecule has 0 radical (unpaired) electrons. The molecule has 0 aliphatic carbocycles. The first-order valence-electron chi connectivity index (χ1n) is 11.4. The second-order valence-corrected chi connectivity index (χ2v) is 8.42. The summed E-state index contributed by atoms with van der Waals surface area (Å²) < 4.78 is 12.8. The van der Waals surface area contributed by atoms with Gasteiger partial charge in [-0.15, -0.1) is 0 Å². The zero-order chi connectivity index (χ0) is 24.9. The molecule has 3 aromatic rings. The largest absolute Gasteiger partial charge is 0.491 e. The van der Waals surface area contributed by atoms with Crippen LogP contribution in [0.3, 0.4) is 0 Å². The number of methoxy groups -OCH3 is 1. The summed E-state index contributed by atoms with van der Waals surface area (Å²) >= 11 is 0. The highest BCUT2D eigenvalue weighted by atomic mass is 16.5. The number of ether oxygens (including phenoxy) is 2. The minimum absolute atomic E-state index is 0.0508. The van der Waals surface area contributed by atoms with Gasteiger partial charge in [0.2, 0.25) is 11.9 Å². The van der Waals surface area contributed by atoms with E-state index in [0.29, 0.717) is 29.0 Å². The molecule has 0 saturated carbocycles. The molecule has 1 amide bonds. The predicted molar refractivity (Wildman–Crippen MR) is 132 cm³/mol. The van der Waals surface area contributed by atoms with Crippen LogP contribution in [0.1, 0.15) is 16.8 Å². The SMILES string of the molecule is COc1c(OCCCN2CCN(C)CC2)ccc2c(=O)n(C)c(NC(=O)c3cnc(N)nc3)nc12. The van der Waals surface area contributed by atoms with Crippen molar-refractivity contribution in [3.8, 4) is 11.5 Å². The molecule has 0 spiro atoms. The molecule has 3 N–H and O–H groups in total. The van der Waals surface area contributed by atoms with Crippen molar-refractivity contribution in [2.24, 2.45) is 7.05 Å². The van der Waals surface area contributed by atoms with Gasteiger partial charge in [-0.1, -0.05) is 0 Å². The third kappa shape index (κ3) is 5.49. The van der Waals surface area contributed by atoms with Gasteiger partial charge in [0.05, 0.1) is 24.7 Å².